The molecule has 54 valence electrons. The SMILES string of the molecule is CNC(C)=C(C#N)[N+](=O)[O-]. The number of hydrogen-bond acceptors (Lipinski definition) is 4. The molecule has 0 bridgehead atoms. The van der Waals surface area contributed by atoms with Gasteiger partial charge in [0.1, 0.15) is 0 Å². The summed E-state index contributed by atoms with van der Waals surface area (Å²) in [4.78, 5) is 9.30. The van der Waals surface area contributed by atoms with Crippen molar-refractivity contribution >= 4 is 0 Å². The molecule has 0 amide bonds. The number of allylic oxidation sites excluding steroid dienone is 2. The molecule has 0 aromatic carbocycles. The van der Waals surface area contributed by atoms with Crippen LogP contribution in [0.2, 0.25) is 0 Å². The maximum atomic E-state index is 10.0. The third kappa shape index (κ3) is 1.74. The molecule has 5 nitrogen and oxygen atoms in total. The molecular weight excluding hydrogens is 134 g/mol. The van der Waals surface area contributed by atoms with E-state index in [0.717, 1.165) is 0 Å². The predicted octanol–water partition coefficient (Wildman–Crippen LogP) is 0.238. The topological polar surface area (TPSA) is 79.0 Å². The van der Waals surface area contributed by atoms with Crippen LogP contribution >= 0.6 is 0 Å². The summed E-state index contributed by atoms with van der Waals surface area (Å²) in [5.41, 5.74) is -0.171. The van der Waals surface area contributed by atoms with Gasteiger partial charge in [0.25, 0.3) is 0 Å². The van der Waals surface area contributed by atoms with E-state index in [-0.39, 0.29) is 5.70 Å². The quantitative estimate of drug-likeness (QED) is 0.339. The first-order valence-corrected chi connectivity index (χ1v) is 2.56. The third-order valence-electron chi connectivity index (χ3n) is 1.02. The molecule has 0 heterocycles. The van der Waals surface area contributed by atoms with Crippen molar-refractivity contribution < 1.29 is 4.92 Å². The Balaban J connectivity index is 4.68. The number of rotatable bonds is 2. The molecule has 0 rings (SSSR count). The van der Waals surface area contributed by atoms with E-state index in [9.17, 15) is 10.1 Å². The lowest BCUT2D eigenvalue weighted by molar-refractivity contribution is -0.419. The Morgan fingerprint density at radius 1 is 1.80 bits per heavy atom. The van der Waals surface area contributed by atoms with Crippen LogP contribution < -0.4 is 5.32 Å². The van der Waals surface area contributed by atoms with Crippen LogP contribution in [0.1, 0.15) is 6.92 Å². The fraction of sp³-hybridized carbons (Fsp3) is 0.400. The lowest BCUT2D eigenvalue weighted by atomic mass is 10.4. The van der Waals surface area contributed by atoms with Gasteiger partial charge in [0.15, 0.2) is 6.07 Å². The smallest absolute Gasteiger partial charge is 0.363 e. The number of nitro groups is 1. The minimum atomic E-state index is -0.716. The lowest BCUT2D eigenvalue weighted by Crippen LogP contribution is -2.09. The molecule has 10 heavy (non-hydrogen) atoms. The second-order valence-electron chi connectivity index (χ2n) is 1.59. The average Bonchev–Trinajstić information content (AvgIpc) is 1.88. The standard InChI is InChI=1S/C5H7N3O2/c1-4(7-2)5(3-6)8(9)10/h7H,1-2H3. The molecule has 0 saturated carbocycles. The second kappa shape index (κ2) is 3.45. The van der Waals surface area contributed by atoms with E-state index in [4.69, 9.17) is 5.26 Å². The van der Waals surface area contributed by atoms with Crippen LogP contribution in [0.15, 0.2) is 11.4 Å². The Kier molecular flexibility index (Phi) is 2.91. The molecule has 0 radical (unpaired) electrons. The van der Waals surface area contributed by atoms with Crippen LogP contribution in [-0.4, -0.2) is 12.0 Å². The highest BCUT2D eigenvalue weighted by Gasteiger charge is 2.12. The fourth-order valence-electron chi connectivity index (χ4n) is 0.380. The minimum Gasteiger partial charge on any atom is -0.385 e. The van der Waals surface area contributed by atoms with E-state index in [1.807, 2.05) is 0 Å². The van der Waals surface area contributed by atoms with Gasteiger partial charge in [-0.1, -0.05) is 0 Å². The Bertz CT molecular complexity index is 213. The number of nitrogens with one attached hydrogen (secondary N) is 1. The van der Waals surface area contributed by atoms with E-state index in [0.29, 0.717) is 0 Å². The summed E-state index contributed by atoms with van der Waals surface area (Å²) in [5, 5.41) is 20.7. The van der Waals surface area contributed by atoms with Gasteiger partial charge in [-0.2, -0.15) is 5.26 Å². The first-order valence-electron chi connectivity index (χ1n) is 2.56. The van der Waals surface area contributed by atoms with Crippen LogP contribution in [0, 0.1) is 21.4 Å². The second-order valence-corrected chi connectivity index (χ2v) is 1.59. The fourth-order valence-corrected chi connectivity index (χ4v) is 0.380. The van der Waals surface area contributed by atoms with Crippen LogP contribution in [0.5, 0.6) is 0 Å². The monoisotopic (exact) mass is 141 g/mol. The molecule has 1 N–H and O–H groups in total. The third-order valence-corrected chi connectivity index (χ3v) is 1.02. The molecule has 0 aliphatic heterocycles. The van der Waals surface area contributed by atoms with Crippen molar-refractivity contribution in [3.8, 4) is 6.07 Å². The molecular formula is C5H7N3O2. The van der Waals surface area contributed by atoms with E-state index in [1.54, 1.807) is 0 Å². The van der Waals surface area contributed by atoms with Crippen molar-refractivity contribution in [1.82, 2.24) is 5.32 Å². The van der Waals surface area contributed by atoms with Gasteiger partial charge in [-0.25, -0.2) is 0 Å². The maximum Gasteiger partial charge on any atom is 0.363 e. The maximum absolute atomic E-state index is 10.0. The molecule has 0 aromatic rings. The van der Waals surface area contributed by atoms with Crippen LogP contribution in [0.3, 0.4) is 0 Å². The summed E-state index contributed by atoms with van der Waals surface area (Å²) in [5.74, 6) is 0. The van der Waals surface area contributed by atoms with Crippen molar-refractivity contribution in [2.75, 3.05) is 7.05 Å². The summed E-state index contributed by atoms with van der Waals surface area (Å²) in [7, 11) is 1.52. The minimum absolute atomic E-state index is 0.271. The summed E-state index contributed by atoms with van der Waals surface area (Å²) in [6.45, 7) is 1.47. The van der Waals surface area contributed by atoms with Gasteiger partial charge >= 0.3 is 5.70 Å². The normalized spacial score (nSPS) is 11.3. The van der Waals surface area contributed by atoms with E-state index < -0.39 is 10.6 Å². The Morgan fingerprint density at radius 2 is 2.30 bits per heavy atom. The molecule has 0 atom stereocenters. The molecule has 0 aliphatic carbocycles. The number of nitrogens with zero attached hydrogens (tertiary/aromatic N) is 2. The average molecular weight is 141 g/mol. The molecule has 0 aliphatic rings. The van der Waals surface area contributed by atoms with Crippen molar-refractivity contribution in [3.05, 3.63) is 21.5 Å². The van der Waals surface area contributed by atoms with Crippen LogP contribution in [0.4, 0.5) is 0 Å². The molecule has 0 aromatic heterocycles. The van der Waals surface area contributed by atoms with Gasteiger partial charge in [0.2, 0.25) is 0 Å². The largest absolute Gasteiger partial charge is 0.385 e. The van der Waals surface area contributed by atoms with Gasteiger partial charge in [-0.05, 0) is 6.92 Å². The lowest BCUT2D eigenvalue weighted by Gasteiger charge is -1.94. The number of nitriles is 1. The zero-order valence-electron chi connectivity index (χ0n) is 5.71. The van der Waals surface area contributed by atoms with E-state index in [1.165, 1.54) is 20.0 Å². The van der Waals surface area contributed by atoms with Gasteiger partial charge in [0.05, 0.1) is 10.6 Å². The summed E-state index contributed by atoms with van der Waals surface area (Å²) in [6.07, 6.45) is 0. The highest BCUT2D eigenvalue weighted by Crippen LogP contribution is 1.98. The molecule has 0 spiro atoms. The van der Waals surface area contributed by atoms with E-state index >= 15 is 0 Å². The molecule has 0 unspecified atom stereocenters. The van der Waals surface area contributed by atoms with Crippen LogP contribution in [-0.2, 0) is 0 Å². The van der Waals surface area contributed by atoms with Crippen molar-refractivity contribution in [1.29, 1.82) is 5.26 Å². The van der Waals surface area contributed by atoms with Gasteiger partial charge in [0, 0.05) is 7.05 Å². The predicted molar refractivity (Wildman–Crippen MR) is 34.4 cm³/mol. The number of hydrogen-bond donors (Lipinski definition) is 1. The van der Waals surface area contributed by atoms with E-state index in [2.05, 4.69) is 5.32 Å². The zero-order chi connectivity index (χ0) is 8.15. The first kappa shape index (κ1) is 8.43. The zero-order valence-corrected chi connectivity index (χ0v) is 5.71. The van der Waals surface area contributed by atoms with Crippen molar-refractivity contribution in [2.45, 2.75) is 6.92 Å². The highest BCUT2D eigenvalue weighted by atomic mass is 16.6. The first-order chi connectivity index (χ1) is 4.63. The molecule has 5 heteroatoms. The van der Waals surface area contributed by atoms with Gasteiger partial charge < -0.3 is 5.32 Å². The molecule has 0 saturated heterocycles. The summed E-state index contributed by atoms with van der Waals surface area (Å²) in [6, 6.07) is 1.47. The molecule has 0 fully saturated rings. The van der Waals surface area contributed by atoms with Crippen LogP contribution in [0.25, 0.3) is 0 Å². The summed E-state index contributed by atoms with van der Waals surface area (Å²) < 4.78 is 0. The van der Waals surface area contributed by atoms with Gasteiger partial charge in [-0.15, -0.1) is 0 Å². The summed E-state index contributed by atoms with van der Waals surface area (Å²) >= 11 is 0. The van der Waals surface area contributed by atoms with Gasteiger partial charge in [-0.3, -0.25) is 10.1 Å². The Labute approximate surface area is 58.1 Å². The Morgan fingerprint density at radius 3 is 2.40 bits per heavy atom. The van der Waals surface area contributed by atoms with Crippen molar-refractivity contribution in [2.24, 2.45) is 0 Å². The highest BCUT2D eigenvalue weighted by molar-refractivity contribution is 5.17. The van der Waals surface area contributed by atoms with Crippen molar-refractivity contribution in [3.63, 3.8) is 0 Å². The Hall–Kier alpha value is -1.57.